The molecule has 5 N–H and O–H groups in total. The zero-order valence-electron chi connectivity index (χ0n) is 33.2. The van der Waals surface area contributed by atoms with Crippen LogP contribution in [-0.4, -0.2) is 85.9 Å². The minimum absolute atomic E-state index is 0.000431. The number of carbonyl (C=O) groups is 5. The van der Waals surface area contributed by atoms with Gasteiger partial charge in [-0.15, -0.1) is 11.8 Å². The van der Waals surface area contributed by atoms with Gasteiger partial charge >= 0.3 is 0 Å². The number of nitrogens with two attached hydrogens (primary N) is 1. The number of thioether (sulfide) groups is 1. The molecule has 3 aliphatic heterocycles. The summed E-state index contributed by atoms with van der Waals surface area (Å²) >= 11 is 1.25. The van der Waals surface area contributed by atoms with Crippen LogP contribution in [0, 0.1) is 17.1 Å². The van der Waals surface area contributed by atoms with E-state index in [2.05, 4.69) is 27.5 Å². The molecule has 2 unspecified atom stereocenters. The Balaban J connectivity index is 0.851. The third kappa shape index (κ3) is 9.33. The fourth-order valence-electron chi connectivity index (χ4n) is 7.86. The molecule has 7 rings (SSSR count). The Labute approximate surface area is 351 Å². The number of fused-ring (bicyclic) bond motifs is 1. The zero-order chi connectivity index (χ0) is 42.3. The largest absolute Gasteiger partial charge is 0.457 e. The Hall–Kier alpha value is -6.16. The fraction of sp³-hybridized carbons (Fsp3) is 0.364. The van der Waals surface area contributed by atoms with E-state index in [0.717, 1.165) is 43.4 Å². The molecule has 3 atom stereocenters. The van der Waals surface area contributed by atoms with Crippen molar-refractivity contribution in [1.29, 1.82) is 5.41 Å². The Morgan fingerprint density at radius 3 is 2.48 bits per heavy atom. The Morgan fingerprint density at radius 1 is 0.967 bits per heavy atom. The molecule has 2 fully saturated rings. The fourth-order valence-corrected chi connectivity index (χ4v) is 8.83. The van der Waals surface area contributed by atoms with Crippen LogP contribution in [0.4, 0.5) is 16.0 Å². The van der Waals surface area contributed by atoms with Crippen molar-refractivity contribution in [1.82, 2.24) is 25.1 Å². The standard InChI is InChI=1S/C44H47FN8O6S/c1-26-24-52(22-9-12-31(26)50-41-37(40(47)48-25-49-41)39(46)27-14-16-29(17-15-27)59-28-10-5-4-6-11-28)35(55)13-7-2-3-8-23-60-33-20-18-30-36(38(33)45)44(58)53(43(30)57)32-19-21-34(54)51-42(32)56/h4-6,10-11,14-18,20,25-26,31-32,46H,2-3,7-9,12-13,19,21-24H2,1H3,(H,51,54,56)(H3,47,48,49,50)/t26?,31-,32?/m1/s1. The molecule has 0 aliphatic carbocycles. The van der Waals surface area contributed by atoms with Gasteiger partial charge in [0.25, 0.3) is 11.8 Å². The molecular weight excluding hydrogens is 788 g/mol. The van der Waals surface area contributed by atoms with Gasteiger partial charge in [0.15, 0.2) is 0 Å². The predicted molar refractivity (Wildman–Crippen MR) is 225 cm³/mol. The summed E-state index contributed by atoms with van der Waals surface area (Å²) in [6.07, 6.45) is 6.55. The molecule has 3 aliphatic rings. The minimum atomic E-state index is -1.15. The molecule has 2 saturated heterocycles. The number of hydrogen-bond acceptors (Lipinski definition) is 12. The Morgan fingerprint density at radius 2 is 1.72 bits per heavy atom. The molecule has 3 aromatic carbocycles. The molecule has 1 aromatic heterocycles. The first-order valence-corrected chi connectivity index (χ1v) is 21.2. The third-order valence-corrected chi connectivity index (χ3v) is 12.2. The number of nitrogens with zero attached hydrogens (tertiary/aromatic N) is 4. The van der Waals surface area contributed by atoms with Crippen molar-refractivity contribution in [3.8, 4) is 11.5 Å². The number of hydrogen-bond donors (Lipinski definition) is 4. The first-order valence-electron chi connectivity index (χ1n) is 20.2. The number of imide groups is 2. The van der Waals surface area contributed by atoms with Crippen molar-refractivity contribution >= 4 is 58.6 Å². The number of unbranched alkanes of at least 4 members (excludes halogenated alkanes) is 3. The highest BCUT2D eigenvalue weighted by molar-refractivity contribution is 7.99. The topological polar surface area (TPSA) is 201 Å². The lowest BCUT2D eigenvalue weighted by Gasteiger charge is -2.27. The van der Waals surface area contributed by atoms with Gasteiger partial charge in [0.1, 0.15) is 41.3 Å². The molecule has 5 amide bonds. The van der Waals surface area contributed by atoms with E-state index in [9.17, 15) is 24.0 Å². The van der Waals surface area contributed by atoms with Crippen LogP contribution in [0.2, 0.25) is 0 Å². The molecular formula is C44H47FN8O6S. The molecule has 0 spiro atoms. The van der Waals surface area contributed by atoms with E-state index in [1.54, 1.807) is 24.3 Å². The number of rotatable bonds is 15. The number of ether oxygens (including phenoxy) is 1. The minimum Gasteiger partial charge on any atom is -0.457 e. The average Bonchev–Trinajstić information content (AvgIpc) is 3.35. The van der Waals surface area contributed by atoms with Gasteiger partial charge in [-0.1, -0.05) is 38.0 Å². The van der Waals surface area contributed by atoms with Crippen LogP contribution < -0.4 is 21.1 Å². The quantitative estimate of drug-likeness (QED) is 0.0436. The molecule has 4 aromatic rings. The van der Waals surface area contributed by atoms with Gasteiger partial charge in [-0.3, -0.25) is 39.6 Å². The molecule has 0 radical (unpaired) electrons. The number of carbonyl (C=O) groups excluding carboxylic acids is 5. The molecule has 60 heavy (non-hydrogen) atoms. The van der Waals surface area contributed by atoms with E-state index in [1.807, 2.05) is 35.2 Å². The van der Waals surface area contributed by atoms with Gasteiger partial charge in [0.05, 0.1) is 22.4 Å². The van der Waals surface area contributed by atoms with Crippen molar-refractivity contribution in [3.05, 3.63) is 101 Å². The van der Waals surface area contributed by atoms with Crippen LogP contribution in [0.3, 0.4) is 0 Å². The van der Waals surface area contributed by atoms with Gasteiger partial charge in [0, 0.05) is 42.4 Å². The van der Waals surface area contributed by atoms with E-state index in [1.165, 1.54) is 30.2 Å². The van der Waals surface area contributed by atoms with Crippen molar-refractivity contribution < 1.29 is 33.1 Å². The van der Waals surface area contributed by atoms with E-state index < -0.39 is 35.5 Å². The highest BCUT2D eigenvalue weighted by Crippen LogP contribution is 2.35. The second-order valence-corrected chi connectivity index (χ2v) is 16.4. The second kappa shape index (κ2) is 18.8. The number of aromatic nitrogens is 2. The predicted octanol–water partition coefficient (Wildman–Crippen LogP) is 6.59. The third-order valence-electron chi connectivity index (χ3n) is 11.1. The van der Waals surface area contributed by atoms with Crippen molar-refractivity contribution in [2.45, 2.75) is 81.7 Å². The Bertz CT molecular complexity index is 2290. The van der Waals surface area contributed by atoms with Gasteiger partial charge in [0.2, 0.25) is 17.7 Å². The highest BCUT2D eigenvalue weighted by Gasteiger charge is 2.46. The van der Waals surface area contributed by atoms with Gasteiger partial charge < -0.3 is 20.7 Å². The van der Waals surface area contributed by atoms with Crippen LogP contribution in [0.25, 0.3) is 0 Å². The lowest BCUT2D eigenvalue weighted by molar-refractivity contribution is -0.136. The number of halogens is 1. The SMILES string of the molecule is CC1CN(C(=O)CCCCCCSc2ccc3c(c2F)C(=O)N(C2CCC(=O)NC2=O)C3=O)CCC[C@H]1Nc1ncnc(N)c1C(=N)c1ccc(Oc2ccccc2)cc1. The molecule has 16 heteroatoms. The number of likely N-dealkylation sites (tertiary alicyclic amines) is 1. The first-order chi connectivity index (χ1) is 29.0. The first kappa shape index (κ1) is 42.0. The number of nitrogen functional groups attached to an aromatic ring is 1. The van der Waals surface area contributed by atoms with Crippen molar-refractivity contribution in [3.63, 3.8) is 0 Å². The number of para-hydroxylation sites is 1. The molecule has 14 nitrogen and oxygen atoms in total. The number of piperidine rings is 1. The van der Waals surface area contributed by atoms with Gasteiger partial charge in [-0.2, -0.15) is 0 Å². The summed E-state index contributed by atoms with van der Waals surface area (Å²) in [6.45, 7) is 3.33. The summed E-state index contributed by atoms with van der Waals surface area (Å²) < 4.78 is 21.4. The van der Waals surface area contributed by atoms with E-state index in [-0.39, 0.29) is 58.3 Å². The van der Waals surface area contributed by atoms with E-state index in [4.69, 9.17) is 15.9 Å². The summed E-state index contributed by atoms with van der Waals surface area (Å²) in [6, 6.07) is 18.4. The normalized spacial score (nSPS) is 19.1. The molecule has 0 saturated carbocycles. The monoisotopic (exact) mass is 834 g/mol. The number of benzene rings is 3. The highest BCUT2D eigenvalue weighted by atomic mass is 32.2. The van der Waals surface area contributed by atoms with E-state index in [0.29, 0.717) is 53.7 Å². The summed E-state index contributed by atoms with van der Waals surface area (Å²) in [4.78, 5) is 74.9. The van der Waals surface area contributed by atoms with Gasteiger partial charge in [-0.05, 0) is 92.3 Å². The number of amides is 5. The number of nitrogens with one attached hydrogen (secondary N) is 3. The van der Waals surface area contributed by atoms with E-state index >= 15 is 4.39 Å². The molecule has 4 heterocycles. The van der Waals surface area contributed by atoms with Crippen molar-refractivity contribution in [2.75, 3.05) is 29.9 Å². The number of anilines is 2. The van der Waals surface area contributed by atoms with Crippen LogP contribution >= 0.6 is 11.8 Å². The molecule has 0 bridgehead atoms. The van der Waals surface area contributed by atoms with Crippen LogP contribution in [-0.2, 0) is 14.4 Å². The summed E-state index contributed by atoms with van der Waals surface area (Å²) in [5, 5.41) is 14.7. The Kier molecular flexibility index (Phi) is 13.2. The maximum atomic E-state index is 15.5. The lowest BCUT2D eigenvalue weighted by atomic mass is 9.97. The summed E-state index contributed by atoms with van der Waals surface area (Å²) in [5.41, 5.74) is 7.14. The average molecular weight is 835 g/mol. The van der Waals surface area contributed by atoms with Crippen LogP contribution in [0.15, 0.2) is 78.0 Å². The van der Waals surface area contributed by atoms with Crippen molar-refractivity contribution in [2.24, 2.45) is 5.92 Å². The maximum absolute atomic E-state index is 15.5. The molecule has 312 valence electrons. The maximum Gasteiger partial charge on any atom is 0.265 e. The summed E-state index contributed by atoms with van der Waals surface area (Å²) in [7, 11) is 0. The van der Waals surface area contributed by atoms with Crippen LogP contribution in [0.5, 0.6) is 11.5 Å². The zero-order valence-corrected chi connectivity index (χ0v) is 34.1. The lowest BCUT2D eigenvalue weighted by Crippen LogP contribution is -2.54. The van der Waals surface area contributed by atoms with Gasteiger partial charge in [-0.25, -0.2) is 14.4 Å². The summed E-state index contributed by atoms with van der Waals surface area (Å²) in [5.74, 6) is -0.793. The smallest absolute Gasteiger partial charge is 0.265 e. The van der Waals surface area contributed by atoms with Crippen LogP contribution in [0.1, 0.15) is 96.6 Å². The second-order valence-electron chi connectivity index (χ2n) is 15.3.